The van der Waals surface area contributed by atoms with Gasteiger partial charge in [-0.25, -0.2) is 4.79 Å². The van der Waals surface area contributed by atoms with Gasteiger partial charge in [-0.15, -0.1) is 0 Å². The van der Waals surface area contributed by atoms with Crippen LogP contribution in [-0.4, -0.2) is 49.6 Å². The number of rotatable bonds is 6. The summed E-state index contributed by atoms with van der Waals surface area (Å²) < 4.78 is 4.66. The van der Waals surface area contributed by atoms with E-state index in [1.54, 1.807) is 0 Å². The number of ether oxygens (including phenoxy) is 1. The molecule has 6 heteroatoms. The molecule has 0 saturated carbocycles. The van der Waals surface area contributed by atoms with Gasteiger partial charge in [0.25, 0.3) is 0 Å². The van der Waals surface area contributed by atoms with E-state index in [4.69, 9.17) is 0 Å². The molecule has 1 atom stereocenters. The topological polar surface area (TPSA) is 67.4 Å². The van der Waals surface area contributed by atoms with E-state index in [0.717, 1.165) is 6.54 Å². The highest BCUT2D eigenvalue weighted by Crippen LogP contribution is 2.21. The van der Waals surface area contributed by atoms with Crippen LogP contribution in [0.15, 0.2) is 0 Å². The molecule has 1 heterocycles. The fourth-order valence-corrected chi connectivity index (χ4v) is 3.17. The van der Waals surface area contributed by atoms with Gasteiger partial charge in [-0.3, -0.25) is 4.79 Å². The molecule has 1 rings (SSSR count). The molecule has 18 heavy (non-hydrogen) atoms. The van der Waals surface area contributed by atoms with E-state index in [-0.39, 0.29) is 5.91 Å². The molecule has 0 aromatic rings. The number of amides is 1. The molecule has 1 aliphatic heterocycles. The van der Waals surface area contributed by atoms with E-state index in [0.29, 0.717) is 12.5 Å². The molecule has 1 saturated heterocycles. The summed E-state index contributed by atoms with van der Waals surface area (Å²) >= 11 is 2.00. The zero-order chi connectivity index (χ0) is 13.4. The third kappa shape index (κ3) is 5.73. The van der Waals surface area contributed by atoms with Crippen molar-refractivity contribution in [2.75, 3.05) is 31.7 Å². The number of thioether (sulfide) groups is 1. The fraction of sp³-hybridized carbons (Fsp3) is 0.833. The van der Waals surface area contributed by atoms with Gasteiger partial charge < -0.3 is 15.4 Å². The van der Waals surface area contributed by atoms with Crippen LogP contribution in [0.2, 0.25) is 0 Å². The fourth-order valence-electron chi connectivity index (χ4n) is 1.96. The van der Waals surface area contributed by atoms with Crippen LogP contribution >= 0.6 is 11.8 Å². The summed E-state index contributed by atoms with van der Waals surface area (Å²) in [7, 11) is 1.33. The lowest BCUT2D eigenvalue weighted by atomic mass is 10.0. The number of methoxy groups -OCH3 is 1. The molecule has 1 aliphatic rings. The molecule has 1 unspecified atom stereocenters. The van der Waals surface area contributed by atoms with Crippen molar-refractivity contribution in [2.45, 2.75) is 25.8 Å². The lowest BCUT2D eigenvalue weighted by Gasteiger charge is -2.23. The predicted octanol–water partition coefficient (Wildman–Crippen LogP) is 0.397. The number of esters is 1. The summed E-state index contributed by atoms with van der Waals surface area (Å²) in [5, 5.41) is 5.84. The standard InChI is InChI=1S/C12H22N2O3S/c1-9(15)14-11(12(16)17-2)8-13-7-10-3-5-18-6-4-10/h10-11,13H,3-8H2,1-2H3,(H,14,15). The minimum Gasteiger partial charge on any atom is -0.467 e. The van der Waals surface area contributed by atoms with E-state index in [9.17, 15) is 9.59 Å². The Bertz CT molecular complexity index is 280. The van der Waals surface area contributed by atoms with Crippen molar-refractivity contribution in [3.63, 3.8) is 0 Å². The molecule has 1 amide bonds. The van der Waals surface area contributed by atoms with Crippen molar-refractivity contribution in [1.29, 1.82) is 0 Å². The lowest BCUT2D eigenvalue weighted by Crippen LogP contribution is -2.47. The van der Waals surface area contributed by atoms with E-state index >= 15 is 0 Å². The summed E-state index contributed by atoms with van der Waals surface area (Å²) in [6.07, 6.45) is 2.45. The molecule has 0 aromatic carbocycles. The summed E-state index contributed by atoms with van der Waals surface area (Å²) in [5.41, 5.74) is 0. The Morgan fingerprint density at radius 1 is 1.39 bits per heavy atom. The Kier molecular flexibility index (Phi) is 7.12. The second-order valence-electron chi connectivity index (χ2n) is 4.49. The normalized spacial score (nSPS) is 18.1. The Morgan fingerprint density at radius 2 is 2.06 bits per heavy atom. The zero-order valence-corrected chi connectivity index (χ0v) is 11.8. The molecule has 1 fully saturated rings. The second-order valence-corrected chi connectivity index (χ2v) is 5.72. The van der Waals surface area contributed by atoms with E-state index < -0.39 is 12.0 Å². The monoisotopic (exact) mass is 274 g/mol. The molecule has 0 aromatic heterocycles. The third-order valence-electron chi connectivity index (χ3n) is 2.99. The van der Waals surface area contributed by atoms with Gasteiger partial charge in [-0.05, 0) is 36.8 Å². The smallest absolute Gasteiger partial charge is 0.329 e. The highest BCUT2D eigenvalue weighted by Gasteiger charge is 2.20. The van der Waals surface area contributed by atoms with Crippen molar-refractivity contribution >= 4 is 23.6 Å². The highest BCUT2D eigenvalue weighted by molar-refractivity contribution is 7.99. The van der Waals surface area contributed by atoms with Crippen LogP contribution in [0, 0.1) is 5.92 Å². The molecule has 0 spiro atoms. The molecule has 104 valence electrons. The number of hydrogen-bond donors (Lipinski definition) is 2. The molecule has 2 N–H and O–H groups in total. The Hall–Kier alpha value is -0.750. The van der Waals surface area contributed by atoms with Crippen molar-refractivity contribution in [2.24, 2.45) is 5.92 Å². The van der Waals surface area contributed by atoms with Crippen molar-refractivity contribution in [3.05, 3.63) is 0 Å². The lowest BCUT2D eigenvalue weighted by molar-refractivity contribution is -0.144. The average molecular weight is 274 g/mol. The van der Waals surface area contributed by atoms with Gasteiger partial charge in [0.05, 0.1) is 7.11 Å². The van der Waals surface area contributed by atoms with Gasteiger partial charge in [0, 0.05) is 13.5 Å². The van der Waals surface area contributed by atoms with Gasteiger partial charge in [0.2, 0.25) is 5.91 Å². The molecular weight excluding hydrogens is 252 g/mol. The van der Waals surface area contributed by atoms with Gasteiger partial charge in [-0.1, -0.05) is 0 Å². The van der Waals surface area contributed by atoms with E-state index in [2.05, 4.69) is 15.4 Å². The third-order valence-corrected chi connectivity index (χ3v) is 4.03. The molecular formula is C12H22N2O3S. The van der Waals surface area contributed by atoms with Crippen LogP contribution in [0.25, 0.3) is 0 Å². The van der Waals surface area contributed by atoms with Gasteiger partial charge >= 0.3 is 5.97 Å². The van der Waals surface area contributed by atoms with Crippen LogP contribution in [0.5, 0.6) is 0 Å². The Labute approximate surface area is 112 Å². The quantitative estimate of drug-likeness (QED) is 0.686. The second kappa shape index (κ2) is 8.37. The maximum Gasteiger partial charge on any atom is 0.329 e. The number of carbonyl (C=O) groups is 2. The van der Waals surface area contributed by atoms with Crippen LogP contribution in [0.4, 0.5) is 0 Å². The number of hydrogen-bond acceptors (Lipinski definition) is 5. The van der Waals surface area contributed by atoms with Crippen molar-refractivity contribution in [1.82, 2.24) is 10.6 Å². The van der Waals surface area contributed by atoms with Crippen molar-refractivity contribution < 1.29 is 14.3 Å². The maximum atomic E-state index is 11.4. The average Bonchev–Trinajstić information content (AvgIpc) is 2.37. The Morgan fingerprint density at radius 3 is 2.61 bits per heavy atom. The van der Waals surface area contributed by atoms with Crippen LogP contribution in [0.1, 0.15) is 19.8 Å². The van der Waals surface area contributed by atoms with Crippen LogP contribution in [-0.2, 0) is 14.3 Å². The first-order valence-corrected chi connectivity index (χ1v) is 7.42. The zero-order valence-electron chi connectivity index (χ0n) is 11.0. The molecule has 0 radical (unpaired) electrons. The number of carbonyl (C=O) groups excluding carboxylic acids is 2. The van der Waals surface area contributed by atoms with E-state index in [1.165, 1.54) is 38.4 Å². The van der Waals surface area contributed by atoms with Gasteiger partial charge in [-0.2, -0.15) is 11.8 Å². The maximum absolute atomic E-state index is 11.4. The minimum atomic E-state index is -0.592. The summed E-state index contributed by atoms with van der Waals surface area (Å²) in [4.78, 5) is 22.4. The van der Waals surface area contributed by atoms with Crippen LogP contribution < -0.4 is 10.6 Å². The van der Waals surface area contributed by atoms with E-state index in [1.807, 2.05) is 11.8 Å². The first-order valence-electron chi connectivity index (χ1n) is 6.27. The summed E-state index contributed by atoms with van der Waals surface area (Å²) in [5.74, 6) is 2.50. The predicted molar refractivity (Wildman–Crippen MR) is 72.5 cm³/mol. The summed E-state index contributed by atoms with van der Waals surface area (Å²) in [6.45, 7) is 2.72. The highest BCUT2D eigenvalue weighted by atomic mass is 32.2. The SMILES string of the molecule is COC(=O)C(CNCC1CCSCC1)NC(C)=O. The van der Waals surface area contributed by atoms with Gasteiger partial charge in [0.15, 0.2) is 0 Å². The first-order chi connectivity index (χ1) is 8.63. The Balaban J connectivity index is 2.27. The number of nitrogens with one attached hydrogen (secondary N) is 2. The minimum absolute atomic E-state index is 0.221. The molecule has 5 nitrogen and oxygen atoms in total. The molecule has 0 aliphatic carbocycles. The first kappa shape index (κ1) is 15.3. The van der Waals surface area contributed by atoms with Crippen molar-refractivity contribution in [3.8, 4) is 0 Å². The van der Waals surface area contributed by atoms with Gasteiger partial charge in [0.1, 0.15) is 6.04 Å². The van der Waals surface area contributed by atoms with Crippen LogP contribution in [0.3, 0.4) is 0 Å². The largest absolute Gasteiger partial charge is 0.467 e. The summed E-state index contributed by atoms with van der Waals surface area (Å²) in [6, 6.07) is -0.592. The molecule has 0 bridgehead atoms.